The molecular weight excluding hydrogens is 1880 g/mol. The Kier molecular flexibility index (Phi) is 108. The van der Waals surface area contributed by atoms with Gasteiger partial charge in [-0.15, -0.1) is 0 Å². The minimum absolute atomic E-state index is 0. The lowest BCUT2D eigenvalue weighted by Crippen LogP contribution is -1.92. The van der Waals surface area contributed by atoms with Crippen molar-refractivity contribution in [2.75, 3.05) is 0 Å². The molecule has 136 heavy (non-hydrogen) atoms. The van der Waals surface area contributed by atoms with E-state index in [0.29, 0.717) is 33.3 Å². The fourth-order valence-corrected chi connectivity index (χ4v) is 9.35. The smallest absolute Gasteiger partial charge is 0.194 e. The van der Waals surface area contributed by atoms with Gasteiger partial charge in [0.2, 0.25) is 0 Å². The van der Waals surface area contributed by atoms with Crippen LogP contribution in [0.2, 0.25) is 10.0 Å². The molecule has 0 bridgehead atoms. The first-order valence-corrected chi connectivity index (χ1v) is 47.0. The highest BCUT2D eigenvalue weighted by atomic mass is 79.9. The number of hydrogen-bond donors (Lipinski definition) is 0. The van der Waals surface area contributed by atoms with E-state index >= 15 is 0 Å². The average molecular weight is 2040 g/mol. The number of aryl methyl sites for hydroxylation is 12. The number of benzene rings is 12. The van der Waals surface area contributed by atoms with E-state index in [1.165, 1.54) is 135 Å². The van der Waals surface area contributed by atoms with Gasteiger partial charge < -0.3 is 4.74 Å². The third-order valence-electron chi connectivity index (χ3n) is 15.2. The number of fused-ring (bicyclic) bond motifs is 1. The van der Waals surface area contributed by atoms with Crippen LogP contribution in [0.5, 0.6) is 0 Å². The van der Waals surface area contributed by atoms with Gasteiger partial charge in [-0.2, -0.15) is 0 Å². The van der Waals surface area contributed by atoms with E-state index in [1.54, 1.807) is 75.4 Å². The molecule has 1 aliphatic heterocycles. The van der Waals surface area contributed by atoms with Gasteiger partial charge in [-0.25, -0.2) is 79.0 Å². The predicted octanol–water partition coefficient (Wildman–Crippen LogP) is 42.4. The molecule has 0 fully saturated rings. The Balaban J connectivity index is -0.000000121. The monoisotopic (exact) mass is 2040 g/mol. The lowest BCUT2D eigenvalue weighted by molar-refractivity contribution is 0.134. The maximum absolute atomic E-state index is 12.8. The summed E-state index contributed by atoms with van der Waals surface area (Å²) in [5.41, 5.74) is 13.3. The normalized spacial score (nSPS) is 8.88. The van der Waals surface area contributed by atoms with Gasteiger partial charge in [0, 0.05) is 28.8 Å². The number of ether oxygens (including phenoxy) is 1. The highest BCUT2D eigenvalue weighted by Crippen LogP contribution is 2.23. The van der Waals surface area contributed by atoms with Gasteiger partial charge in [0.15, 0.2) is 34.9 Å². The Labute approximate surface area is 828 Å². The van der Waals surface area contributed by atoms with Crippen molar-refractivity contribution < 1.29 is 83.8 Å². The molecule has 0 unspecified atom stereocenters. The van der Waals surface area contributed by atoms with Gasteiger partial charge in [0.25, 0.3) is 0 Å². The Morgan fingerprint density at radius 3 is 0.890 bits per heavy atom. The van der Waals surface area contributed by atoms with Crippen LogP contribution in [0.25, 0.3) is 0 Å². The molecule has 0 radical (unpaired) electrons. The van der Waals surface area contributed by atoms with E-state index in [4.69, 9.17) is 27.9 Å². The fraction of sp³-hybridized carbons (Fsp3) is 0.368. The third kappa shape index (κ3) is 70.9. The summed E-state index contributed by atoms with van der Waals surface area (Å²) in [4.78, 5) is 0. The van der Waals surface area contributed by atoms with E-state index in [-0.39, 0.29) is 68.8 Å². The van der Waals surface area contributed by atoms with E-state index in [2.05, 4.69) is 79.2 Å². The predicted molar refractivity (Wildman–Crippen MR) is 557 cm³/mol. The van der Waals surface area contributed by atoms with E-state index < -0.39 is 75.6 Å². The van der Waals surface area contributed by atoms with E-state index in [0.717, 1.165) is 59.2 Å². The number of rotatable bonds is 0. The van der Waals surface area contributed by atoms with Crippen LogP contribution in [-0.4, -0.2) is 0 Å². The van der Waals surface area contributed by atoms with Gasteiger partial charge in [-0.1, -0.05) is 323 Å². The number of hydrogen-bond acceptors (Lipinski definition) is 1. The zero-order valence-electron chi connectivity index (χ0n) is 87.4. The third-order valence-corrected chi connectivity index (χ3v) is 16.4. The van der Waals surface area contributed by atoms with Crippen LogP contribution in [0.15, 0.2) is 211 Å². The van der Waals surface area contributed by atoms with Crippen molar-refractivity contribution in [3.63, 3.8) is 0 Å². The molecule has 22 heteroatoms. The molecule has 0 amide bonds. The van der Waals surface area contributed by atoms with Crippen molar-refractivity contribution in [2.45, 2.75) is 291 Å². The molecule has 0 saturated heterocycles. The Hall–Kier alpha value is -9.60. The molecule has 0 aromatic heterocycles. The Morgan fingerprint density at radius 1 is 0.206 bits per heavy atom. The molecule has 0 atom stereocenters. The van der Waals surface area contributed by atoms with Gasteiger partial charge in [-0.3, -0.25) is 0 Å². The molecule has 0 aliphatic carbocycles. The first-order valence-electron chi connectivity index (χ1n) is 45.5. The lowest BCUT2D eigenvalue weighted by Gasteiger charge is -1.99. The molecular formula is C114H159BrCl2F18O. The molecule has 0 spiro atoms. The van der Waals surface area contributed by atoms with Crippen LogP contribution in [0.4, 0.5) is 79.0 Å². The Bertz CT molecular complexity index is 4460. The largest absolute Gasteiger partial charge is 0.372 e. The summed E-state index contributed by atoms with van der Waals surface area (Å²) < 4.78 is 228. The molecule has 13 rings (SSSR count). The zero-order chi connectivity index (χ0) is 108. The second kappa shape index (κ2) is 97.1. The maximum atomic E-state index is 12.8. The minimum atomic E-state index is -1.41. The first-order chi connectivity index (χ1) is 63.9. The van der Waals surface area contributed by atoms with Crippen LogP contribution in [0, 0.1) is 209 Å². The second-order valence-corrected chi connectivity index (χ2v) is 26.5. The first kappa shape index (κ1) is 152. The van der Waals surface area contributed by atoms with Crippen molar-refractivity contribution in [2.24, 2.45) is 0 Å². The van der Waals surface area contributed by atoms with Gasteiger partial charge in [-0.05, 0) is 266 Å². The number of halogens is 21. The highest BCUT2D eigenvalue weighted by Gasteiger charge is 2.13. The Morgan fingerprint density at radius 2 is 0.537 bits per heavy atom. The molecule has 0 saturated carbocycles. The van der Waals surface area contributed by atoms with E-state index in [9.17, 15) is 79.0 Å². The van der Waals surface area contributed by atoms with Crippen LogP contribution >= 0.6 is 39.1 Å². The molecule has 1 aliphatic rings. The molecule has 768 valence electrons. The second-order valence-electron chi connectivity index (χ2n) is 24.8. The van der Waals surface area contributed by atoms with Crippen molar-refractivity contribution in [1.29, 1.82) is 0 Å². The van der Waals surface area contributed by atoms with Crippen LogP contribution in [-0.2, 0) is 18.0 Å². The summed E-state index contributed by atoms with van der Waals surface area (Å²) in [6, 6.07) is 52.6. The summed E-state index contributed by atoms with van der Waals surface area (Å²) in [6.07, 6.45) is 0. The van der Waals surface area contributed by atoms with Crippen LogP contribution in [0.1, 0.15) is 268 Å². The summed E-state index contributed by atoms with van der Waals surface area (Å²) in [7, 11) is 0. The summed E-state index contributed by atoms with van der Waals surface area (Å²) >= 11 is 13.9. The van der Waals surface area contributed by atoms with Crippen LogP contribution < -0.4 is 0 Å². The van der Waals surface area contributed by atoms with Crippen molar-refractivity contribution >= 4 is 39.1 Å². The molecule has 0 N–H and O–H groups in total. The molecule has 12 aromatic carbocycles. The van der Waals surface area contributed by atoms with Gasteiger partial charge in [0.1, 0.15) is 69.8 Å². The average Bonchev–Trinajstić information content (AvgIpc) is 1.75. The molecule has 1 heterocycles. The highest BCUT2D eigenvalue weighted by molar-refractivity contribution is 9.10. The minimum Gasteiger partial charge on any atom is -0.372 e. The SMILES string of the molecule is C.CC.CC.CC.CC.CC.CC.CC.CC.CC.CC.CC.CC.Cc1c(F)cc(F)cc1F.Cc1c(F)cccc1F.Cc1cc(F)c(F)c(F)c1.Cc1ccc(F)c(Br)c1.Cc1ccc(F)c(C)c1.Cc1ccc(F)c(C)c1F.Cc1ccc(F)c(Cl)c1.Cc1ccc(F)c(F)c1F.Cc1ccc(F)cc1.Cc1ccc2c(c1)COC2.Cc1cccc(Cl)c1F.Cc1ccccc1C. The van der Waals surface area contributed by atoms with Gasteiger partial charge >= 0.3 is 0 Å². The standard InChI is InChI=1S/C9H10O.C8H8F2.C8H9F.C8H10.C7H6BrF.2C7H6ClF.3C7H5F3.C7H6F2.C7H7F.12C2H6.CH4/c1-7-2-3-8-5-10-6-9(8)4-7;1-5-3-4-7(9)6(2)8(5)10;1-6-3-4-8(9)7(2)5-6;1-7-5-3-4-6-8(7)2;2*1-5-2-3-7(9)6(8)4-5;1-5-3-2-4-6(8)7(5)9;1-4-6(9)2-5(8)3-7(4)10;1-4-2-5(8)7(10)6(9)3-4;1-4-2-3-5(8)7(10)6(4)9;1-5-6(8)3-2-4-7(5)9;1-6-2-4-7(8)5-3-6;12*1-2;/h2-4H,5-6H2,1H3;3-4H,1-2H3;3-5H,1-2H3;3-6H,1-2H3;3*2-4H,1H3;3*2-3H,1H3;2-4H,1H3;2-5H,1H3;12*1-2H3;1H4. The van der Waals surface area contributed by atoms with Crippen molar-refractivity contribution in [3.8, 4) is 0 Å². The quantitative estimate of drug-likeness (QED) is 0.109. The molecule has 12 aromatic rings. The molecule has 1 nitrogen and oxygen atoms in total. The topological polar surface area (TPSA) is 9.23 Å². The lowest BCUT2D eigenvalue weighted by atomic mass is 10.1. The van der Waals surface area contributed by atoms with Crippen molar-refractivity contribution in [1.82, 2.24) is 0 Å². The summed E-state index contributed by atoms with van der Waals surface area (Å²) in [5.74, 6) is -13.0. The summed E-state index contributed by atoms with van der Waals surface area (Å²) in [5, 5.41) is 0.380. The van der Waals surface area contributed by atoms with Crippen molar-refractivity contribution in [3.05, 3.63) is 420 Å². The zero-order valence-corrected chi connectivity index (χ0v) is 90.5. The van der Waals surface area contributed by atoms with Gasteiger partial charge in [0.05, 0.1) is 27.7 Å². The summed E-state index contributed by atoms with van der Waals surface area (Å²) in [6.45, 7) is 75.6. The maximum Gasteiger partial charge on any atom is 0.194 e. The van der Waals surface area contributed by atoms with E-state index in [1.807, 2.05) is 200 Å². The fourth-order valence-electron chi connectivity index (χ4n) is 8.40. The van der Waals surface area contributed by atoms with Crippen LogP contribution in [0.3, 0.4) is 0 Å².